The van der Waals surface area contributed by atoms with E-state index in [1.807, 2.05) is 36.4 Å². The molecule has 1 fully saturated rings. The Morgan fingerprint density at radius 1 is 1.07 bits per heavy atom. The van der Waals surface area contributed by atoms with Gasteiger partial charge >= 0.3 is 0 Å². The highest BCUT2D eigenvalue weighted by Crippen LogP contribution is 2.41. The molecule has 1 unspecified atom stereocenters. The van der Waals surface area contributed by atoms with Crippen molar-refractivity contribution in [2.24, 2.45) is 5.92 Å². The van der Waals surface area contributed by atoms with Gasteiger partial charge in [-0.15, -0.1) is 0 Å². The Morgan fingerprint density at radius 2 is 1.78 bits per heavy atom. The third-order valence-electron chi connectivity index (χ3n) is 5.03. The predicted molar refractivity (Wildman–Crippen MR) is 97.4 cm³/mol. The quantitative estimate of drug-likeness (QED) is 0.809. The molecule has 3 rings (SSSR count). The molecule has 1 saturated carbocycles. The molecule has 2 aromatic rings. The summed E-state index contributed by atoms with van der Waals surface area (Å²) < 4.78 is 40.1. The van der Waals surface area contributed by atoms with Crippen molar-refractivity contribution in [3.63, 3.8) is 0 Å². The van der Waals surface area contributed by atoms with Gasteiger partial charge in [0.2, 0.25) is 0 Å². The summed E-state index contributed by atoms with van der Waals surface area (Å²) in [6.45, 7) is -0.683. The Bertz CT molecular complexity index is 748. The van der Waals surface area contributed by atoms with Gasteiger partial charge in [0, 0.05) is 12.8 Å². The lowest BCUT2D eigenvalue weighted by atomic mass is 9.82. The molecule has 0 radical (unpaired) electrons. The van der Waals surface area contributed by atoms with Crippen LogP contribution in [0.15, 0.2) is 48.5 Å². The molecular formula is C21H24F2O4. The van der Waals surface area contributed by atoms with Crippen LogP contribution in [-0.2, 0) is 6.42 Å². The molecule has 146 valence electrons. The Morgan fingerprint density at radius 3 is 2.44 bits per heavy atom. The summed E-state index contributed by atoms with van der Waals surface area (Å²) in [4.78, 5) is 0. The molecule has 2 N–H and O–H groups in total. The van der Waals surface area contributed by atoms with Crippen LogP contribution >= 0.6 is 0 Å². The van der Waals surface area contributed by atoms with E-state index >= 15 is 0 Å². The number of methoxy groups -OCH3 is 1. The molecule has 0 bridgehead atoms. The molecule has 2 aromatic carbocycles. The van der Waals surface area contributed by atoms with Crippen molar-refractivity contribution in [2.45, 2.75) is 37.4 Å². The summed E-state index contributed by atoms with van der Waals surface area (Å²) in [6, 6.07) is 14.6. The fourth-order valence-electron chi connectivity index (χ4n) is 3.45. The van der Waals surface area contributed by atoms with Crippen molar-refractivity contribution < 1.29 is 28.5 Å². The number of alkyl halides is 2. The van der Waals surface area contributed by atoms with E-state index in [0.717, 1.165) is 16.9 Å². The molecule has 3 atom stereocenters. The third-order valence-corrected chi connectivity index (χ3v) is 5.03. The summed E-state index contributed by atoms with van der Waals surface area (Å²) in [5.41, 5.74) is 1.77. The maximum Gasteiger partial charge on any atom is 0.289 e. The summed E-state index contributed by atoms with van der Waals surface area (Å²) in [5, 5.41) is 19.2. The molecule has 1 aliphatic rings. The van der Waals surface area contributed by atoms with E-state index in [0.29, 0.717) is 12.2 Å². The lowest BCUT2D eigenvalue weighted by Crippen LogP contribution is -2.52. The number of benzene rings is 2. The number of hydrogen-bond donors (Lipinski definition) is 2. The number of aliphatic hydroxyl groups is 2. The summed E-state index contributed by atoms with van der Waals surface area (Å²) in [7, 11) is 1.59. The molecule has 6 heteroatoms. The summed E-state index contributed by atoms with van der Waals surface area (Å²) in [6.07, 6.45) is -2.17. The van der Waals surface area contributed by atoms with Gasteiger partial charge in [0.25, 0.3) is 5.92 Å². The van der Waals surface area contributed by atoms with Crippen molar-refractivity contribution in [1.29, 1.82) is 0 Å². The maximum atomic E-state index is 14.6. The van der Waals surface area contributed by atoms with Crippen LogP contribution in [0.3, 0.4) is 0 Å². The molecular weight excluding hydrogens is 354 g/mol. The van der Waals surface area contributed by atoms with Gasteiger partial charge in [0.1, 0.15) is 11.5 Å². The molecule has 0 saturated heterocycles. The fourth-order valence-corrected chi connectivity index (χ4v) is 3.45. The molecule has 1 aliphatic carbocycles. The van der Waals surface area contributed by atoms with E-state index in [2.05, 4.69) is 0 Å². The first kappa shape index (κ1) is 19.6. The number of halogens is 2. The number of ether oxygens (including phenoxy) is 2. The van der Waals surface area contributed by atoms with Gasteiger partial charge in [-0.05, 0) is 35.7 Å². The minimum absolute atomic E-state index is 0.128. The Balaban J connectivity index is 1.80. The lowest BCUT2D eigenvalue weighted by molar-refractivity contribution is -0.187. The Kier molecular flexibility index (Phi) is 5.97. The Hall–Kier alpha value is -2.18. The van der Waals surface area contributed by atoms with Gasteiger partial charge in [-0.3, -0.25) is 0 Å². The van der Waals surface area contributed by atoms with Gasteiger partial charge in [-0.1, -0.05) is 30.3 Å². The van der Waals surface area contributed by atoms with Crippen LogP contribution in [0.5, 0.6) is 11.5 Å². The average Bonchev–Trinajstić information content (AvgIpc) is 2.66. The zero-order valence-corrected chi connectivity index (χ0v) is 15.1. The van der Waals surface area contributed by atoms with E-state index < -0.39 is 30.7 Å². The van der Waals surface area contributed by atoms with Crippen molar-refractivity contribution in [2.75, 3.05) is 13.7 Å². The molecule has 0 aromatic heterocycles. The largest absolute Gasteiger partial charge is 0.497 e. The van der Waals surface area contributed by atoms with Gasteiger partial charge in [0.15, 0.2) is 6.10 Å². The number of para-hydroxylation sites is 1. The first-order chi connectivity index (χ1) is 12.9. The number of rotatable bonds is 6. The van der Waals surface area contributed by atoms with Crippen molar-refractivity contribution in [3.8, 4) is 11.5 Å². The lowest BCUT2D eigenvalue weighted by Gasteiger charge is -2.39. The molecule has 0 amide bonds. The maximum absolute atomic E-state index is 14.6. The van der Waals surface area contributed by atoms with E-state index in [1.54, 1.807) is 19.2 Å². The van der Waals surface area contributed by atoms with Gasteiger partial charge in [-0.25, -0.2) is 8.78 Å². The first-order valence-electron chi connectivity index (χ1n) is 8.98. The monoisotopic (exact) mass is 378 g/mol. The Labute approximate surface area is 157 Å². The zero-order valence-electron chi connectivity index (χ0n) is 15.1. The summed E-state index contributed by atoms with van der Waals surface area (Å²) >= 11 is 0. The van der Waals surface area contributed by atoms with Crippen LogP contribution in [0.1, 0.15) is 24.0 Å². The van der Waals surface area contributed by atoms with Gasteiger partial charge in [-0.2, -0.15) is 0 Å². The van der Waals surface area contributed by atoms with Crippen LogP contribution in [0.25, 0.3) is 0 Å². The minimum atomic E-state index is -3.21. The van der Waals surface area contributed by atoms with E-state index in [9.17, 15) is 19.0 Å². The van der Waals surface area contributed by atoms with Crippen LogP contribution in [0, 0.1) is 5.92 Å². The molecule has 4 nitrogen and oxygen atoms in total. The van der Waals surface area contributed by atoms with Crippen molar-refractivity contribution in [3.05, 3.63) is 59.7 Å². The van der Waals surface area contributed by atoms with Crippen LogP contribution in [0.2, 0.25) is 0 Å². The normalized spacial score (nSPS) is 24.4. The van der Waals surface area contributed by atoms with E-state index in [1.165, 1.54) is 0 Å². The predicted octanol–water partition coefficient (Wildman–Crippen LogP) is 3.43. The highest BCUT2D eigenvalue weighted by atomic mass is 19.3. The van der Waals surface area contributed by atoms with Gasteiger partial charge in [0.05, 0.1) is 25.7 Å². The zero-order chi connectivity index (χ0) is 19.4. The standard InChI is InChI=1S/C21H24F2O4/c1-26-18-8-6-14(7-9-18)10-15-4-2-3-5-19(15)27-20-12-17(25)11-16(13-24)21(20,22)23/h2-9,16-17,20,24-25H,10-13H2,1H3/t16-,17-,20?/m0/s1. The van der Waals surface area contributed by atoms with Crippen LogP contribution < -0.4 is 9.47 Å². The van der Waals surface area contributed by atoms with Crippen molar-refractivity contribution >= 4 is 0 Å². The molecule has 0 heterocycles. The van der Waals surface area contributed by atoms with Gasteiger partial charge < -0.3 is 19.7 Å². The number of hydrogen-bond acceptors (Lipinski definition) is 4. The minimum Gasteiger partial charge on any atom is -0.497 e. The topological polar surface area (TPSA) is 58.9 Å². The average molecular weight is 378 g/mol. The van der Waals surface area contributed by atoms with Crippen molar-refractivity contribution in [1.82, 2.24) is 0 Å². The highest BCUT2D eigenvalue weighted by Gasteiger charge is 2.53. The highest BCUT2D eigenvalue weighted by molar-refractivity contribution is 5.39. The second-order valence-electron chi connectivity index (χ2n) is 6.92. The molecule has 27 heavy (non-hydrogen) atoms. The summed E-state index contributed by atoms with van der Waals surface area (Å²) in [5.74, 6) is -3.40. The molecule has 0 aliphatic heterocycles. The van der Waals surface area contributed by atoms with Crippen LogP contribution in [0.4, 0.5) is 8.78 Å². The van der Waals surface area contributed by atoms with Crippen LogP contribution in [-0.4, -0.2) is 42.1 Å². The number of aliphatic hydroxyl groups excluding tert-OH is 2. The first-order valence-corrected chi connectivity index (χ1v) is 8.98. The van der Waals surface area contributed by atoms with E-state index in [4.69, 9.17) is 9.47 Å². The smallest absolute Gasteiger partial charge is 0.289 e. The van der Waals surface area contributed by atoms with E-state index in [-0.39, 0.29) is 12.8 Å². The second kappa shape index (κ2) is 8.23. The third kappa shape index (κ3) is 4.39. The SMILES string of the molecule is COc1ccc(Cc2ccccc2OC2C[C@@H](O)C[C@@H](CO)C2(F)F)cc1. The molecule has 0 spiro atoms. The second-order valence-corrected chi connectivity index (χ2v) is 6.92. The fraction of sp³-hybridized carbons (Fsp3) is 0.429.